The Morgan fingerprint density at radius 1 is 1.00 bits per heavy atom. The van der Waals surface area contributed by atoms with Gasteiger partial charge in [-0.1, -0.05) is 40.5 Å². The molecule has 108 valence electrons. The number of nitrogens with zero attached hydrogens (tertiary/aromatic N) is 1. The summed E-state index contributed by atoms with van der Waals surface area (Å²) < 4.78 is 0. The SMILES string of the molecule is CCCNC1CCC(CCC)CC1N(CC)CC. The molecule has 1 N–H and O–H groups in total. The van der Waals surface area contributed by atoms with Crippen molar-refractivity contribution in [1.29, 1.82) is 0 Å². The fourth-order valence-electron chi connectivity index (χ4n) is 3.57. The average Bonchev–Trinajstić information content (AvgIpc) is 2.39. The van der Waals surface area contributed by atoms with Crippen molar-refractivity contribution in [3.8, 4) is 0 Å². The van der Waals surface area contributed by atoms with Gasteiger partial charge in [0.25, 0.3) is 0 Å². The topological polar surface area (TPSA) is 15.3 Å². The highest BCUT2D eigenvalue weighted by atomic mass is 15.2. The molecule has 3 unspecified atom stereocenters. The summed E-state index contributed by atoms with van der Waals surface area (Å²) in [7, 11) is 0. The second kappa shape index (κ2) is 8.92. The molecule has 1 fully saturated rings. The monoisotopic (exact) mass is 254 g/mol. The van der Waals surface area contributed by atoms with Crippen LogP contribution in [0, 0.1) is 5.92 Å². The summed E-state index contributed by atoms with van der Waals surface area (Å²) in [6.45, 7) is 12.8. The Morgan fingerprint density at radius 3 is 2.28 bits per heavy atom. The first-order valence-electron chi connectivity index (χ1n) is 8.24. The molecule has 0 heterocycles. The molecule has 0 aliphatic heterocycles. The van der Waals surface area contributed by atoms with Crippen LogP contribution < -0.4 is 5.32 Å². The molecule has 1 aliphatic rings. The molecule has 0 radical (unpaired) electrons. The lowest BCUT2D eigenvalue weighted by atomic mass is 9.79. The van der Waals surface area contributed by atoms with E-state index in [0.29, 0.717) is 0 Å². The van der Waals surface area contributed by atoms with Gasteiger partial charge in [0.05, 0.1) is 0 Å². The normalized spacial score (nSPS) is 28.8. The highest BCUT2D eigenvalue weighted by molar-refractivity contribution is 4.90. The van der Waals surface area contributed by atoms with Crippen molar-refractivity contribution in [2.24, 2.45) is 5.92 Å². The van der Waals surface area contributed by atoms with Gasteiger partial charge in [0.1, 0.15) is 0 Å². The summed E-state index contributed by atoms with van der Waals surface area (Å²) in [6.07, 6.45) is 8.26. The summed E-state index contributed by atoms with van der Waals surface area (Å²) in [6, 6.07) is 1.51. The van der Waals surface area contributed by atoms with Crippen molar-refractivity contribution < 1.29 is 0 Å². The maximum Gasteiger partial charge on any atom is 0.0251 e. The summed E-state index contributed by atoms with van der Waals surface area (Å²) >= 11 is 0. The molecule has 2 nitrogen and oxygen atoms in total. The summed E-state index contributed by atoms with van der Waals surface area (Å²) in [4.78, 5) is 2.68. The lowest BCUT2D eigenvalue weighted by Crippen LogP contribution is -2.53. The highest BCUT2D eigenvalue weighted by Gasteiger charge is 2.32. The minimum absolute atomic E-state index is 0.734. The maximum absolute atomic E-state index is 3.79. The van der Waals surface area contributed by atoms with Crippen LogP contribution in [0.2, 0.25) is 0 Å². The van der Waals surface area contributed by atoms with E-state index in [9.17, 15) is 0 Å². The smallest absolute Gasteiger partial charge is 0.0251 e. The second-order valence-electron chi connectivity index (χ2n) is 5.82. The number of nitrogens with one attached hydrogen (secondary N) is 1. The molecule has 1 rings (SSSR count). The van der Waals surface area contributed by atoms with Crippen molar-refractivity contribution in [3.05, 3.63) is 0 Å². The van der Waals surface area contributed by atoms with Gasteiger partial charge in [-0.2, -0.15) is 0 Å². The molecule has 3 atom stereocenters. The molecular formula is C16H34N2. The quantitative estimate of drug-likeness (QED) is 0.711. The molecule has 0 saturated heterocycles. The molecule has 18 heavy (non-hydrogen) atoms. The van der Waals surface area contributed by atoms with Gasteiger partial charge in [0.2, 0.25) is 0 Å². The Kier molecular flexibility index (Phi) is 7.92. The standard InChI is InChI=1S/C16H34N2/c1-5-9-14-10-11-15(17-12-6-2)16(13-14)18(7-3)8-4/h14-17H,5-13H2,1-4H3. The molecule has 1 saturated carbocycles. The Morgan fingerprint density at radius 2 is 1.72 bits per heavy atom. The van der Waals surface area contributed by atoms with Crippen LogP contribution in [0.25, 0.3) is 0 Å². The largest absolute Gasteiger partial charge is 0.312 e. The van der Waals surface area contributed by atoms with E-state index in [0.717, 1.165) is 18.0 Å². The zero-order valence-electron chi connectivity index (χ0n) is 13.0. The van der Waals surface area contributed by atoms with Crippen LogP contribution >= 0.6 is 0 Å². The molecule has 0 amide bonds. The van der Waals surface area contributed by atoms with Crippen molar-refractivity contribution in [3.63, 3.8) is 0 Å². The van der Waals surface area contributed by atoms with Gasteiger partial charge in [-0.25, -0.2) is 0 Å². The summed E-state index contributed by atoms with van der Waals surface area (Å²) in [5, 5.41) is 3.79. The van der Waals surface area contributed by atoms with Gasteiger partial charge in [-0.05, 0) is 51.2 Å². The number of likely N-dealkylation sites (N-methyl/N-ethyl adjacent to an activating group) is 1. The molecule has 2 heteroatoms. The van der Waals surface area contributed by atoms with Gasteiger partial charge in [-0.3, -0.25) is 4.90 Å². The van der Waals surface area contributed by atoms with Gasteiger partial charge < -0.3 is 5.32 Å². The third-order valence-corrected chi connectivity index (χ3v) is 4.56. The van der Waals surface area contributed by atoms with E-state index in [4.69, 9.17) is 0 Å². The summed E-state index contributed by atoms with van der Waals surface area (Å²) in [5.74, 6) is 0.972. The Bertz CT molecular complexity index is 201. The predicted octanol–water partition coefficient (Wildman–Crippen LogP) is 3.67. The lowest BCUT2D eigenvalue weighted by molar-refractivity contribution is 0.103. The van der Waals surface area contributed by atoms with Gasteiger partial charge >= 0.3 is 0 Å². The number of rotatable bonds is 8. The third-order valence-electron chi connectivity index (χ3n) is 4.56. The predicted molar refractivity (Wildman–Crippen MR) is 81.0 cm³/mol. The minimum Gasteiger partial charge on any atom is -0.312 e. The van der Waals surface area contributed by atoms with Crippen molar-refractivity contribution >= 4 is 0 Å². The van der Waals surface area contributed by atoms with Crippen LogP contribution in [0.1, 0.15) is 66.2 Å². The molecule has 0 bridgehead atoms. The molecule has 0 aromatic rings. The van der Waals surface area contributed by atoms with Gasteiger partial charge in [-0.15, -0.1) is 0 Å². The third kappa shape index (κ3) is 4.55. The molecular weight excluding hydrogens is 220 g/mol. The lowest BCUT2D eigenvalue weighted by Gasteiger charge is -2.42. The van der Waals surface area contributed by atoms with Crippen molar-refractivity contribution in [2.45, 2.75) is 78.3 Å². The fraction of sp³-hybridized carbons (Fsp3) is 1.00. The average molecular weight is 254 g/mol. The molecule has 0 aromatic heterocycles. The second-order valence-corrected chi connectivity index (χ2v) is 5.82. The fourth-order valence-corrected chi connectivity index (χ4v) is 3.57. The van der Waals surface area contributed by atoms with Gasteiger partial charge in [0.15, 0.2) is 0 Å². The Labute approximate surface area is 115 Å². The van der Waals surface area contributed by atoms with Crippen molar-refractivity contribution in [2.75, 3.05) is 19.6 Å². The van der Waals surface area contributed by atoms with Crippen LogP contribution in [0.3, 0.4) is 0 Å². The zero-order valence-corrected chi connectivity index (χ0v) is 13.0. The molecule has 0 aromatic carbocycles. The molecule has 1 aliphatic carbocycles. The van der Waals surface area contributed by atoms with E-state index >= 15 is 0 Å². The first kappa shape index (κ1) is 16.0. The summed E-state index contributed by atoms with van der Waals surface area (Å²) in [5.41, 5.74) is 0. The van der Waals surface area contributed by atoms with E-state index < -0.39 is 0 Å². The first-order chi connectivity index (χ1) is 8.76. The van der Waals surface area contributed by atoms with E-state index in [1.807, 2.05) is 0 Å². The van der Waals surface area contributed by atoms with E-state index in [1.54, 1.807) is 0 Å². The number of hydrogen-bond donors (Lipinski definition) is 1. The Hall–Kier alpha value is -0.0800. The van der Waals surface area contributed by atoms with Gasteiger partial charge in [0, 0.05) is 12.1 Å². The van der Waals surface area contributed by atoms with Crippen LogP contribution in [0.4, 0.5) is 0 Å². The maximum atomic E-state index is 3.79. The van der Waals surface area contributed by atoms with Crippen molar-refractivity contribution in [1.82, 2.24) is 10.2 Å². The number of hydrogen-bond acceptors (Lipinski definition) is 2. The molecule has 0 spiro atoms. The zero-order chi connectivity index (χ0) is 13.4. The van der Waals surface area contributed by atoms with Crippen LogP contribution in [0.15, 0.2) is 0 Å². The highest BCUT2D eigenvalue weighted by Crippen LogP contribution is 2.31. The minimum atomic E-state index is 0.734. The van der Waals surface area contributed by atoms with Crippen LogP contribution in [-0.2, 0) is 0 Å². The van der Waals surface area contributed by atoms with Crippen LogP contribution in [-0.4, -0.2) is 36.6 Å². The van der Waals surface area contributed by atoms with E-state index in [1.165, 1.54) is 58.2 Å². The van der Waals surface area contributed by atoms with E-state index in [2.05, 4.69) is 37.9 Å². The Balaban J connectivity index is 2.59. The van der Waals surface area contributed by atoms with E-state index in [-0.39, 0.29) is 0 Å². The first-order valence-corrected chi connectivity index (χ1v) is 8.24. The van der Waals surface area contributed by atoms with Crippen LogP contribution in [0.5, 0.6) is 0 Å².